The van der Waals surface area contributed by atoms with Crippen molar-refractivity contribution in [1.82, 2.24) is 14.8 Å². The number of carbonyl (C=O) groups is 1. The molecule has 44 heavy (non-hydrogen) atoms. The molecule has 1 aliphatic carbocycles. The number of nitrogens with one attached hydrogen (secondary N) is 1. The topological polar surface area (TPSA) is 78.3 Å². The molecule has 4 aromatic rings. The monoisotopic (exact) mass is 716 g/mol. The quantitative estimate of drug-likeness (QED) is 0.182. The van der Waals surface area contributed by atoms with E-state index in [0.717, 1.165) is 16.8 Å². The van der Waals surface area contributed by atoms with Crippen LogP contribution >= 0.6 is 50.9 Å². The molecule has 1 aliphatic heterocycles. The van der Waals surface area contributed by atoms with Gasteiger partial charge in [-0.3, -0.25) is 4.79 Å². The minimum atomic E-state index is -0.563. The number of fused-ring (bicyclic) bond motifs is 1. The SMILES string of the molecule is COc1cc(C2C3=C(CC(C)(C)CC3=O)Nc3nc(SCc4ccccc4Cl)nn32)cc(Br)c1OCc1c(F)cccc1Cl. The van der Waals surface area contributed by atoms with Crippen LogP contribution in [-0.4, -0.2) is 27.7 Å². The summed E-state index contributed by atoms with van der Waals surface area (Å²) in [6, 6.07) is 15.3. The van der Waals surface area contributed by atoms with Crippen LogP contribution in [0.3, 0.4) is 0 Å². The van der Waals surface area contributed by atoms with E-state index in [-0.39, 0.29) is 28.4 Å². The highest BCUT2D eigenvalue weighted by Gasteiger charge is 2.42. The maximum absolute atomic E-state index is 14.4. The van der Waals surface area contributed by atoms with E-state index in [1.807, 2.05) is 36.4 Å². The molecule has 0 bridgehead atoms. The second kappa shape index (κ2) is 12.4. The first kappa shape index (κ1) is 31.0. The summed E-state index contributed by atoms with van der Waals surface area (Å²) in [6.07, 6.45) is 1.09. The van der Waals surface area contributed by atoms with Crippen LogP contribution < -0.4 is 14.8 Å². The Morgan fingerprint density at radius 3 is 2.66 bits per heavy atom. The highest BCUT2D eigenvalue weighted by atomic mass is 79.9. The van der Waals surface area contributed by atoms with Gasteiger partial charge in [0.2, 0.25) is 11.1 Å². The van der Waals surface area contributed by atoms with Crippen molar-refractivity contribution in [1.29, 1.82) is 0 Å². The van der Waals surface area contributed by atoms with E-state index in [1.165, 1.54) is 24.9 Å². The van der Waals surface area contributed by atoms with Crippen molar-refractivity contribution in [3.63, 3.8) is 0 Å². The van der Waals surface area contributed by atoms with Crippen molar-refractivity contribution in [3.05, 3.63) is 103 Å². The Balaban J connectivity index is 1.38. The molecule has 0 amide bonds. The molecular weight excluding hydrogens is 690 g/mol. The number of halogens is 4. The average Bonchev–Trinajstić information content (AvgIpc) is 3.37. The molecule has 12 heteroatoms. The third-order valence-corrected chi connectivity index (χ3v) is 9.82. The molecule has 3 aromatic carbocycles. The number of hydrogen-bond donors (Lipinski definition) is 1. The predicted octanol–water partition coefficient (Wildman–Crippen LogP) is 9.02. The minimum absolute atomic E-state index is 0.0461. The van der Waals surface area contributed by atoms with Crippen molar-refractivity contribution in [2.75, 3.05) is 12.4 Å². The molecule has 0 spiro atoms. The molecular formula is C32H28BrCl2FN4O3S. The Hall–Kier alpha value is -3.05. The average molecular weight is 718 g/mol. The number of rotatable bonds is 8. The maximum Gasteiger partial charge on any atom is 0.227 e. The Kier molecular flexibility index (Phi) is 8.71. The van der Waals surface area contributed by atoms with Crippen molar-refractivity contribution in [3.8, 4) is 11.5 Å². The zero-order chi connectivity index (χ0) is 31.2. The lowest BCUT2D eigenvalue weighted by Crippen LogP contribution is -2.36. The predicted molar refractivity (Wildman–Crippen MR) is 174 cm³/mol. The van der Waals surface area contributed by atoms with Gasteiger partial charge in [0.05, 0.1) is 16.6 Å². The Bertz CT molecular complexity index is 1790. The Morgan fingerprint density at radius 2 is 1.91 bits per heavy atom. The smallest absolute Gasteiger partial charge is 0.227 e. The number of benzene rings is 3. The normalized spacial score (nSPS) is 17.2. The van der Waals surface area contributed by atoms with E-state index in [2.05, 4.69) is 35.1 Å². The lowest BCUT2D eigenvalue weighted by atomic mass is 9.73. The molecule has 7 nitrogen and oxygen atoms in total. The van der Waals surface area contributed by atoms with Crippen LogP contribution in [0.25, 0.3) is 0 Å². The second-order valence-corrected chi connectivity index (χ2v) is 14.0. The Morgan fingerprint density at radius 1 is 1.14 bits per heavy atom. The molecule has 6 rings (SSSR count). The number of aromatic nitrogens is 3. The zero-order valence-corrected chi connectivity index (χ0v) is 28.0. The fourth-order valence-corrected chi connectivity index (χ4v) is 7.48. The van der Waals surface area contributed by atoms with Crippen LogP contribution in [0.4, 0.5) is 10.3 Å². The van der Waals surface area contributed by atoms with Gasteiger partial charge in [-0.2, -0.15) is 4.98 Å². The zero-order valence-electron chi connectivity index (χ0n) is 24.1. The number of hydrogen-bond acceptors (Lipinski definition) is 7. The van der Waals surface area contributed by atoms with E-state index < -0.39 is 11.9 Å². The van der Waals surface area contributed by atoms with Crippen molar-refractivity contribution in [2.24, 2.45) is 5.41 Å². The van der Waals surface area contributed by atoms with Gasteiger partial charge < -0.3 is 14.8 Å². The van der Waals surface area contributed by atoms with Crippen molar-refractivity contribution < 1.29 is 18.7 Å². The summed E-state index contributed by atoms with van der Waals surface area (Å²) in [5, 5.41) is 9.77. The summed E-state index contributed by atoms with van der Waals surface area (Å²) >= 11 is 17.7. The van der Waals surface area contributed by atoms with Gasteiger partial charge in [0, 0.05) is 34.0 Å². The number of ether oxygens (including phenoxy) is 2. The highest BCUT2D eigenvalue weighted by molar-refractivity contribution is 9.10. The van der Waals surface area contributed by atoms with Gasteiger partial charge in [-0.1, -0.05) is 73.1 Å². The molecule has 1 N–H and O–H groups in total. The molecule has 0 radical (unpaired) electrons. The van der Waals surface area contributed by atoms with Crippen LogP contribution in [0.15, 0.2) is 75.5 Å². The van der Waals surface area contributed by atoms with Gasteiger partial charge in [0.25, 0.3) is 0 Å². The first-order valence-corrected chi connectivity index (χ1v) is 16.4. The van der Waals surface area contributed by atoms with E-state index in [1.54, 1.807) is 16.8 Å². The first-order chi connectivity index (χ1) is 21.0. The first-order valence-electron chi connectivity index (χ1n) is 13.8. The third-order valence-electron chi connectivity index (χ3n) is 7.62. The lowest BCUT2D eigenvalue weighted by Gasteiger charge is -2.38. The van der Waals surface area contributed by atoms with Gasteiger partial charge >= 0.3 is 0 Å². The number of Topliss-reactive ketones (excluding diaryl/α,β-unsaturated/α-hetero) is 1. The highest BCUT2D eigenvalue weighted by Crippen LogP contribution is 2.48. The molecule has 0 saturated carbocycles. The summed E-state index contributed by atoms with van der Waals surface area (Å²) < 4.78 is 28.5. The molecule has 0 fully saturated rings. The molecule has 0 saturated heterocycles. The molecule has 1 atom stereocenters. The third kappa shape index (κ3) is 6.09. The van der Waals surface area contributed by atoms with Gasteiger partial charge in [-0.25, -0.2) is 9.07 Å². The molecule has 2 heterocycles. The second-order valence-electron chi connectivity index (χ2n) is 11.4. The number of methoxy groups -OCH3 is 1. The van der Waals surface area contributed by atoms with Crippen LogP contribution in [0, 0.1) is 11.2 Å². The maximum atomic E-state index is 14.4. The van der Waals surface area contributed by atoms with E-state index in [4.69, 9.17) is 42.8 Å². The van der Waals surface area contributed by atoms with Crippen molar-refractivity contribution in [2.45, 2.75) is 50.2 Å². The number of carbonyl (C=O) groups excluding carboxylic acids is 1. The van der Waals surface area contributed by atoms with Gasteiger partial charge in [-0.15, -0.1) is 5.10 Å². The number of ketones is 1. The molecule has 1 unspecified atom stereocenters. The fourth-order valence-electron chi connectivity index (χ4n) is 5.57. The summed E-state index contributed by atoms with van der Waals surface area (Å²) in [7, 11) is 1.53. The number of allylic oxidation sites excluding steroid dienone is 2. The van der Waals surface area contributed by atoms with E-state index in [9.17, 15) is 9.18 Å². The standard InChI is InChI=1S/C32H28BrCl2FN4O3S/c1-32(2)13-24-27(25(41)14-32)28(40-30(37-24)38-31(39-40)44-16-17-7-4-5-8-21(17)34)18-11-20(33)29(26(12-18)42-3)43-15-19-22(35)9-6-10-23(19)36/h4-12,28H,13-16H2,1-3H3,(H,37,38,39). The minimum Gasteiger partial charge on any atom is -0.493 e. The summed E-state index contributed by atoms with van der Waals surface area (Å²) in [4.78, 5) is 18.5. The summed E-state index contributed by atoms with van der Waals surface area (Å²) in [5.74, 6) is 1.50. The van der Waals surface area contributed by atoms with Crippen LogP contribution in [0.2, 0.25) is 10.0 Å². The van der Waals surface area contributed by atoms with Crippen molar-refractivity contribution >= 4 is 62.6 Å². The molecule has 2 aliphatic rings. The number of nitrogens with zero attached hydrogens (tertiary/aromatic N) is 3. The van der Waals surface area contributed by atoms with E-state index >= 15 is 0 Å². The number of anilines is 1. The van der Waals surface area contributed by atoms with Crippen LogP contribution in [-0.2, 0) is 17.2 Å². The summed E-state index contributed by atoms with van der Waals surface area (Å²) in [6.45, 7) is 4.07. The number of thioether (sulfide) groups is 1. The van der Waals surface area contributed by atoms with Gasteiger partial charge in [0.1, 0.15) is 18.5 Å². The Labute approximate surface area is 277 Å². The molecule has 228 valence electrons. The lowest BCUT2D eigenvalue weighted by molar-refractivity contribution is -0.118. The molecule has 1 aromatic heterocycles. The van der Waals surface area contributed by atoms with Gasteiger partial charge in [0.15, 0.2) is 17.3 Å². The van der Waals surface area contributed by atoms with Crippen LogP contribution in [0.5, 0.6) is 11.5 Å². The van der Waals surface area contributed by atoms with Crippen LogP contribution in [0.1, 0.15) is 49.4 Å². The fraction of sp³-hybridized carbons (Fsp3) is 0.281. The van der Waals surface area contributed by atoms with E-state index in [0.29, 0.717) is 56.3 Å². The summed E-state index contributed by atoms with van der Waals surface area (Å²) in [5.41, 5.74) is 3.24. The largest absolute Gasteiger partial charge is 0.493 e. The van der Waals surface area contributed by atoms with Gasteiger partial charge in [-0.05, 0) is 69.2 Å².